The molecule has 82 valence electrons. The lowest BCUT2D eigenvalue weighted by molar-refractivity contribution is 0.620. The van der Waals surface area contributed by atoms with Crippen molar-refractivity contribution in [2.24, 2.45) is 0 Å². The standard InChI is InChI=1S/C11H15BrN2S/c1-8-9(2)15-6-5-14(8)11-4-3-10(12)7-13-11/h3-4,7-9H,5-6H2,1-2H3. The Kier molecular flexibility index (Phi) is 3.57. The van der Waals surface area contributed by atoms with Crippen LogP contribution >= 0.6 is 27.7 Å². The van der Waals surface area contributed by atoms with E-state index in [9.17, 15) is 0 Å². The molecule has 2 atom stereocenters. The Hall–Kier alpha value is -0.220. The van der Waals surface area contributed by atoms with Gasteiger partial charge in [0.1, 0.15) is 5.82 Å². The molecule has 2 heterocycles. The Labute approximate surface area is 104 Å². The summed E-state index contributed by atoms with van der Waals surface area (Å²) in [5.74, 6) is 2.29. The fourth-order valence-corrected chi connectivity index (χ4v) is 3.13. The Balaban J connectivity index is 2.18. The van der Waals surface area contributed by atoms with Gasteiger partial charge in [-0.25, -0.2) is 4.98 Å². The lowest BCUT2D eigenvalue weighted by Crippen LogP contribution is -2.45. The van der Waals surface area contributed by atoms with Gasteiger partial charge in [-0.05, 0) is 35.0 Å². The number of anilines is 1. The van der Waals surface area contributed by atoms with Gasteiger partial charge in [-0.2, -0.15) is 11.8 Å². The molecule has 1 aliphatic heterocycles. The molecule has 0 aromatic carbocycles. The number of rotatable bonds is 1. The first-order valence-corrected chi connectivity index (χ1v) is 7.02. The van der Waals surface area contributed by atoms with Gasteiger partial charge in [-0.1, -0.05) is 6.92 Å². The van der Waals surface area contributed by atoms with E-state index < -0.39 is 0 Å². The normalized spacial score (nSPS) is 26.7. The number of halogens is 1. The predicted octanol–water partition coefficient (Wildman–Crippen LogP) is 3.17. The summed E-state index contributed by atoms with van der Waals surface area (Å²) in [7, 11) is 0. The summed E-state index contributed by atoms with van der Waals surface area (Å²) >= 11 is 5.46. The Morgan fingerprint density at radius 3 is 2.93 bits per heavy atom. The van der Waals surface area contributed by atoms with E-state index in [0.717, 1.165) is 16.8 Å². The first-order chi connectivity index (χ1) is 7.18. The van der Waals surface area contributed by atoms with Crippen molar-refractivity contribution >= 4 is 33.5 Å². The maximum atomic E-state index is 4.46. The Bertz CT molecular complexity index is 328. The van der Waals surface area contributed by atoms with Crippen LogP contribution in [0.1, 0.15) is 13.8 Å². The molecule has 15 heavy (non-hydrogen) atoms. The molecule has 0 amide bonds. The number of hydrogen-bond acceptors (Lipinski definition) is 3. The number of thioether (sulfide) groups is 1. The minimum absolute atomic E-state index is 0.567. The lowest BCUT2D eigenvalue weighted by Gasteiger charge is -2.38. The first kappa shape index (κ1) is 11.3. The molecule has 0 aliphatic carbocycles. The quantitative estimate of drug-likeness (QED) is 0.789. The zero-order valence-electron chi connectivity index (χ0n) is 8.98. The van der Waals surface area contributed by atoms with Crippen LogP contribution < -0.4 is 4.90 Å². The molecule has 0 N–H and O–H groups in total. The summed E-state index contributed by atoms with van der Waals surface area (Å²) in [6.45, 7) is 5.67. The van der Waals surface area contributed by atoms with E-state index in [2.05, 4.69) is 51.8 Å². The summed E-state index contributed by atoms with van der Waals surface area (Å²) in [6.07, 6.45) is 1.87. The van der Waals surface area contributed by atoms with Crippen LogP contribution in [0, 0.1) is 0 Å². The SMILES string of the molecule is CC1SCCN(c2ccc(Br)cn2)C1C. The van der Waals surface area contributed by atoms with Gasteiger partial charge < -0.3 is 4.90 Å². The van der Waals surface area contributed by atoms with Gasteiger partial charge in [0, 0.05) is 34.3 Å². The van der Waals surface area contributed by atoms with Crippen molar-refractivity contribution in [3.05, 3.63) is 22.8 Å². The molecule has 0 radical (unpaired) electrons. The number of hydrogen-bond donors (Lipinski definition) is 0. The summed E-state index contributed by atoms with van der Waals surface area (Å²) in [6, 6.07) is 4.71. The lowest BCUT2D eigenvalue weighted by atomic mass is 10.2. The van der Waals surface area contributed by atoms with E-state index >= 15 is 0 Å². The van der Waals surface area contributed by atoms with Gasteiger partial charge in [-0.3, -0.25) is 0 Å². The molecule has 0 bridgehead atoms. The molecular weight excluding hydrogens is 272 g/mol. The highest BCUT2D eigenvalue weighted by Crippen LogP contribution is 2.28. The molecule has 2 unspecified atom stereocenters. The summed E-state index contributed by atoms with van der Waals surface area (Å²) in [5, 5.41) is 0.684. The van der Waals surface area contributed by atoms with Crippen LogP contribution in [0.4, 0.5) is 5.82 Å². The van der Waals surface area contributed by atoms with Crippen LogP contribution in [-0.2, 0) is 0 Å². The molecule has 0 spiro atoms. The second-order valence-electron chi connectivity index (χ2n) is 3.84. The van der Waals surface area contributed by atoms with Gasteiger partial charge in [0.15, 0.2) is 0 Å². The van der Waals surface area contributed by atoms with E-state index in [0.29, 0.717) is 11.3 Å². The van der Waals surface area contributed by atoms with E-state index in [1.54, 1.807) is 0 Å². The van der Waals surface area contributed by atoms with Crippen LogP contribution in [-0.4, -0.2) is 28.6 Å². The van der Waals surface area contributed by atoms with E-state index in [1.807, 2.05) is 18.0 Å². The van der Waals surface area contributed by atoms with Gasteiger partial charge in [0.25, 0.3) is 0 Å². The van der Waals surface area contributed by atoms with Crippen molar-refractivity contribution in [1.29, 1.82) is 0 Å². The average Bonchev–Trinajstić information content (AvgIpc) is 2.24. The van der Waals surface area contributed by atoms with Gasteiger partial charge >= 0.3 is 0 Å². The fourth-order valence-electron chi connectivity index (χ4n) is 1.79. The molecule has 0 saturated carbocycles. The third-order valence-electron chi connectivity index (χ3n) is 2.89. The zero-order valence-corrected chi connectivity index (χ0v) is 11.4. The second-order valence-corrected chi connectivity index (χ2v) is 6.25. The third-order valence-corrected chi connectivity index (χ3v) is 4.70. The topological polar surface area (TPSA) is 16.1 Å². The maximum absolute atomic E-state index is 4.46. The minimum Gasteiger partial charge on any atom is -0.352 e. The maximum Gasteiger partial charge on any atom is 0.128 e. The van der Waals surface area contributed by atoms with E-state index in [4.69, 9.17) is 0 Å². The molecule has 2 nitrogen and oxygen atoms in total. The molecule has 1 aromatic rings. The van der Waals surface area contributed by atoms with Crippen LogP contribution in [0.5, 0.6) is 0 Å². The van der Waals surface area contributed by atoms with Crippen LogP contribution in [0.2, 0.25) is 0 Å². The number of aromatic nitrogens is 1. The monoisotopic (exact) mass is 286 g/mol. The fraction of sp³-hybridized carbons (Fsp3) is 0.545. The smallest absolute Gasteiger partial charge is 0.128 e. The highest BCUT2D eigenvalue weighted by molar-refractivity contribution is 9.10. The van der Waals surface area contributed by atoms with Crippen molar-refractivity contribution in [1.82, 2.24) is 4.98 Å². The predicted molar refractivity (Wildman–Crippen MR) is 70.7 cm³/mol. The van der Waals surface area contributed by atoms with Crippen molar-refractivity contribution in [3.8, 4) is 0 Å². The second kappa shape index (κ2) is 4.74. The van der Waals surface area contributed by atoms with Crippen LogP contribution in [0.25, 0.3) is 0 Å². The molecule has 1 fully saturated rings. The summed E-state index contributed by atoms with van der Waals surface area (Å²) < 4.78 is 1.04. The van der Waals surface area contributed by atoms with E-state index in [-0.39, 0.29) is 0 Å². The first-order valence-electron chi connectivity index (χ1n) is 5.18. The Morgan fingerprint density at radius 1 is 1.47 bits per heavy atom. The van der Waals surface area contributed by atoms with E-state index in [1.165, 1.54) is 5.75 Å². The number of nitrogens with zero attached hydrogens (tertiary/aromatic N) is 2. The van der Waals surface area contributed by atoms with Gasteiger partial charge in [0.05, 0.1) is 0 Å². The molecule has 1 saturated heterocycles. The van der Waals surface area contributed by atoms with Gasteiger partial charge in [0.2, 0.25) is 0 Å². The highest BCUT2D eigenvalue weighted by Gasteiger charge is 2.25. The number of pyridine rings is 1. The Morgan fingerprint density at radius 2 is 2.27 bits per heavy atom. The van der Waals surface area contributed by atoms with Crippen molar-refractivity contribution < 1.29 is 0 Å². The van der Waals surface area contributed by atoms with Crippen molar-refractivity contribution in [2.45, 2.75) is 25.1 Å². The highest BCUT2D eigenvalue weighted by atomic mass is 79.9. The summed E-state index contributed by atoms with van der Waals surface area (Å²) in [5.41, 5.74) is 0. The van der Waals surface area contributed by atoms with Crippen molar-refractivity contribution in [2.75, 3.05) is 17.2 Å². The molecular formula is C11H15BrN2S. The minimum atomic E-state index is 0.567. The molecule has 4 heteroatoms. The largest absolute Gasteiger partial charge is 0.352 e. The average molecular weight is 287 g/mol. The molecule has 2 rings (SSSR count). The zero-order chi connectivity index (χ0) is 10.8. The molecule has 1 aliphatic rings. The van der Waals surface area contributed by atoms with Crippen molar-refractivity contribution in [3.63, 3.8) is 0 Å². The van der Waals surface area contributed by atoms with Crippen LogP contribution in [0.15, 0.2) is 22.8 Å². The molecule has 1 aromatic heterocycles. The van der Waals surface area contributed by atoms with Gasteiger partial charge in [-0.15, -0.1) is 0 Å². The van der Waals surface area contributed by atoms with Crippen LogP contribution in [0.3, 0.4) is 0 Å². The summed E-state index contributed by atoms with van der Waals surface area (Å²) in [4.78, 5) is 6.85. The third kappa shape index (κ3) is 2.48.